The Morgan fingerprint density at radius 3 is 1.47 bits per heavy atom. The van der Waals surface area contributed by atoms with Crippen molar-refractivity contribution in [2.45, 2.75) is 9.79 Å². The number of carbonyl (C=O) groups is 2. The van der Waals surface area contributed by atoms with Gasteiger partial charge in [0.05, 0.1) is 68.5 Å². The maximum atomic E-state index is 12.8. The molecule has 62 heavy (non-hydrogen) atoms. The second-order valence-electron chi connectivity index (χ2n) is 11.7. The van der Waals surface area contributed by atoms with Crippen molar-refractivity contribution < 1.29 is 75.8 Å². The molecule has 0 aliphatic rings. The van der Waals surface area contributed by atoms with Crippen LogP contribution in [0.3, 0.4) is 0 Å². The first kappa shape index (κ1) is 47.8. The zero-order chi connectivity index (χ0) is 46.0. The molecule has 10 N–H and O–H groups in total. The number of nitrogens with zero attached hydrogens (tertiary/aromatic N) is 6. The van der Waals surface area contributed by atoms with Gasteiger partial charge in [-0.2, -0.15) is 27.1 Å². The molecule has 0 saturated heterocycles. The Bertz CT molecular complexity index is 2930. The monoisotopic (exact) mass is 942 g/mol. The zero-order valence-electron chi connectivity index (χ0n) is 30.8. The molecule has 0 aliphatic heterocycles. The highest BCUT2D eigenvalue weighted by Gasteiger charge is 2.27. The van der Waals surface area contributed by atoms with Gasteiger partial charge in [0.2, 0.25) is 6.40 Å². The van der Waals surface area contributed by atoms with Crippen LogP contribution in [-0.2, 0) is 53.7 Å². The average Bonchev–Trinajstić information content (AvgIpc) is 3.18. The van der Waals surface area contributed by atoms with E-state index < -0.39 is 117 Å². The third kappa shape index (κ3) is 13.1. The third-order valence-electron chi connectivity index (χ3n) is 7.52. The molecule has 4 rings (SSSR count). The lowest BCUT2D eigenvalue weighted by molar-refractivity contribution is 0.0687. The number of nitrogens with two attached hydrogens (primary N) is 2. The van der Waals surface area contributed by atoms with E-state index in [2.05, 4.69) is 49.4 Å². The smallest absolute Gasteiger partial charge is 0.397 e. The Morgan fingerprint density at radius 1 is 0.629 bits per heavy atom. The Morgan fingerprint density at radius 2 is 1.06 bits per heavy atom. The number of aromatic carboxylic acids is 2. The van der Waals surface area contributed by atoms with Crippen LogP contribution in [0.4, 0.5) is 51.2 Å². The van der Waals surface area contributed by atoms with E-state index in [1.54, 1.807) is 0 Å². The summed E-state index contributed by atoms with van der Waals surface area (Å²) in [4.78, 5) is 28.8. The van der Waals surface area contributed by atoms with Gasteiger partial charge in [-0.25, -0.2) is 40.3 Å². The topological polar surface area (TPSA) is 441 Å². The van der Waals surface area contributed by atoms with Crippen LogP contribution < -0.4 is 16.9 Å². The number of rotatable bonds is 21. The molecule has 0 aliphatic carbocycles. The van der Waals surface area contributed by atoms with Crippen LogP contribution in [-0.4, -0.2) is 96.0 Å². The number of azo groups is 3. The number of sulfone groups is 2. The van der Waals surface area contributed by atoms with Gasteiger partial charge in [-0.1, -0.05) is 0 Å². The van der Waals surface area contributed by atoms with Gasteiger partial charge in [-0.15, -0.1) is 20.5 Å². The molecular weight excluding hydrogens is 913 g/mol. The van der Waals surface area contributed by atoms with Crippen molar-refractivity contribution in [2.75, 3.05) is 41.7 Å². The molecule has 330 valence electrons. The average molecular weight is 943 g/mol. The van der Waals surface area contributed by atoms with Crippen molar-refractivity contribution in [2.24, 2.45) is 30.7 Å². The molecule has 4 aromatic carbocycles. The van der Waals surface area contributed by atoms with Crippen LogP contribution in [0.2, 0.25) is 0 Å². The zero-order valence-corrected chi connectivity index (χ0v) is 34.1. The molecule has 0 unspecified atom stereocenters. The summed E-state index contributed by atoms with van der Waals surface area (Å²) in [7, 11) is -18.1. The molecule has 31 heteroatoms. The Labute approximate surface area is 350 Å². The Balaban J connectivity index is 1.82. The standard InChI is InChI=1S/C31H30N10O17S4/c32-16-56-41-19-5-10-23(22(15-19)30(42)43)37-39-28-24(31(44)45)27(38-35-17-1-6-20(7-2-17)59(46,47)13-11-57-61(50,51)52)25(33)29(26(28)34)40-36-18-3-8-21(9-4-18)60(48,49)14-12-58-62(53,54)55/h1-10,15-16,32,41H,11-14,33-34H2,(H,42,43)(H,44,45)(H,50,51,52)(H,53,54,55). The minimum Gasteiger partial charge on any atom is -0.478 e. The van der Waals surface area contributed by atoms with Gasteiger partial charge in [-0.05, 0) is 66.7 Å². The van der Waals surface area contributed by atoms with E-state index in [-0.39, 0.29) is 32.5 Å². The van der Waals surface area contributed by atoms with Crippen molar-refractivity contribution in [3.8, 4) is 0 Å². The number of anilines is 3. The van der Waals surface area contributed by atoms with E-state index in [1.165, 1.54) is 6.07 Å². The maximum absolute atomic E-state index is 12.8. The second-order valence-corrected chi connectivity index (χ2v) is 18.1. The van der Waals surface area contributed by atoms with Crippen LogP contribution >= 0.6 is 0 Å². The lowest BCUT2D eigenvalue weighted by atomic mass is 10.1. The fourth-order valence-electron chi connectivity index (χ4n) is 4.72. The summed E-state index contributed by atoms with van der Waals surface area (Å²) in [6, 6.07) is 12.3. The fraction of sp³-hybridized carbons (Fsp3) is 0.129. The van der Waals surface area contributed by atoms with Gasteiger partial charge in [-0.3, -0.25) is 14.5 Å². The molecule has 0 fully saturated rings. The largest absolute Gasteiger partial charge is 0.478 e. The molecule has 4 aromatic rings. The van der Waals surface area contributed by atoms with Crippen LogP contribution in [0, 0.1) is 5.41 Å². The van der Waals surface area contributed by atoms with Gasteiger partial charge in [0, 0.05) is 0 Å². The summed E-state index contributed by atoms with van der Waals surface area (Å²) in [5, 5.41) is 50.7. The molecule has 0 heterocycles. The molecular formula is C31H30N10O17S4. The quantitative estimate of drug-likeness (QED) is 0.0141. The molecule has 0 spiro atoms. The Kier molecular flexibility index (Phi) is 15.2. The molecule has 0 radical (unpaired) electrons. The van der Waals surface area contributed by atoms with Crippen LogP contribution in [0.5, 0.6) is 0 Å². The van der Waals surface area contributed by atoms with Crippen molar-refractivity contribution in [1.29, 1.82) is 5.41 Å². The number of nitrogen functional groups attached to an aromatic ring is 2. The van der Waals surface area contributed by atoms with Crippen molar-refractivity contribution in [3.05, 3.63) is 77.9 Å². The van der Waals surface area contributed by atoms with Gasteiger partial charge in [0.25, 0.3) is 0 Å². The van der Waals surface area contributed by atoms with E-state index in [0.717, 1.165) is 60.7 Å². The predicted octanol–water partition coefficient (Wildman–Crippen LogP) is 4.63. The molecule has 0 aromatic heterocycles. The number of carboxylic acid groups (broad SMARTS) is 2. The van der Waals surface area contributed by atoms with E-state index in [1.807, 2.05) is 0 Å². The van der Waals surface area contributed by atoms with Crippen molar-refractivity contribution in [3.63, 3.8) is 0 Å². The Hall–Kier alpha value is -6.87. The maximum Gasteiger partial charge on any atom is 0.397 e. The normalized spacial score (nSPS) is 12.5. The van der Waals surface area contributed by atoms with Crippen molar-refractivity contribution in [1.82, 2.24) is 0 Å². The van der Waals surface area contributed by atoms with Gasteiger partial charge >= 0.3 is 32.7 Å². The van der Waals surface area contributed by atoms with E-state index in [9.17, 15) is 53.5 Å². The summed E-state index contributed by atoms with van der Waals surface area (Å²) in [5.41, 5.74) is 10.2. The summed E-state index contributed by atoms with van der Waals surface area (Å²) in [6.45, 7) is -1.79. The molecule has 0 atom stereocenters. The first-order valence-corrected chi connectivity index (χ1v) is 22.4. The van der Waals surface area contributed by atoms with Gasteiger partial charge < -0.3 is 26.5 Å². The molecule has 0 bridgehead atoms. The minimum absolute atomic E-state index is 0.0445. The predicted molar refractivity (Wildman–Crippen MR) is 214 cm³/mol. The first-order chi connectivity index (χ1) is 28.9. The summed E-state index contributed by atoms with van der Waals surface area (Å²) >= 11 is 0. The summed E-state index contributed by atoms with van der Waals surface area (Å²) < 4.78 is 119. The SMILES string of the molecule is N=CONc1ccc(N=Nc2c(N)c(N=Nc3ccc(S(=O)(=O)CCOS(=O)(=O)O)cc3)c(N)c(N=Nc3ccc(S(=O)(=O)CCOS(=O)(=O)O)cc3)c2C(=O)O)c(C(=O)O)c1. The lowest BCUT2D eigenvalue weighted by Crippen LogP contribution is -2.15. The van der Waals surface area contributed by atoms with E-state index in [4.69, 9.17) is 26.0 Å². The van der Waals surface area contributed by atoms with Gasteiger partial charge in [0.1, 0.15) is 28.3 Å². The number of carboxylic acids is 2. The third-order valence-corrected chi connectivity index (χ3v) is 11.8. The highest BCUT2D eigenvalue weighted by Crippen LogP contribution is 2.49. The van der Waals surface area contributed by atoms with Crippen LogP contribution in [0.15, 0.2) is 107 Å². The number of nitrogens with one attached hydrogen (secondary N) is 2. The fourth-order valence-corrected chi connectivity index (χ4v) is 7.70. The van der Waals surface area contributed by atoms with Crippen LogP contribution in [0.1, 0.15) is 20.7 Å². The highest BCUT2D eigenvalue weighted by atomic mass is 32.3. The molecule has 0 amide bonds. The number of benzene rings is 4. The summed E-state index contributed by atoms with van der Waals surface area (Å²) in [5.74, 6) is -4.96. The van der Waals surface area contributed by atoms with Crippen LogP contribution in [0.25, 0.3) is 0 Å². The number of hydrogen-bond acceptors (Lipinski definition) is 23. The van der Waals surface area contributed by atoms with Crippen molar-refractivity contribution >= 4 is 110 Å². The van der Waals surface area contributed by atoms with E-state index in [0.29, 0.717) is 6.40 Å². The molecule has 27 nitrogen and oxygen atoms in total. The first-order valence-electron chi connectivity index (χ1n) is 16.3. The highest BCUT2D eigenvalue weighted by molar-refractivity contribution is 7.91. The van der Waals surface area contributed by atoms with Gasteiger partial charge in [0.15, 0.2) is 19.7 Å². The summed E-state index contributed by atoms with van der Waals surface area (Å²) in [6.07, 6.45) is 0.528. The lowest BCUT2D eigenvalue weighted by Gasteiger charge is -2.13. The number of hydrogen-bond donors (Lipinski definition) is 8. The van der Waals surface area contributed by atoms with E-state index >= 15 is 0 Å². The molecule has 0 saturated carbocycles. The minimum atomic E-state index is -4.91. The second kappa shape index (κ2) is 19.7.